The summed E-state index contributed by atoms with van der Waals surface area (Å²) in [6.07, 6.45) is 4.94. The minimum Gasteiger partial charge on any atom is -0.444 e. The second-order valence-electron chi connectivity index (χ2n) is 9.48. The van der Waals surface area contributed by atoms with E-state index in [2.05, 4.69) is 55.6 Å². The molecule has 1 aliphatic heterocycles. The summed E-state index contributed by atoms with van der Waals surface area (Å²) < 4.78 is 5.49. The van der Waals surface area contributed by atoms with Gasteiger partial charge in [-0.3, -0.25) is 5.10 Å². The maximum atomic E-state index is 12.4. The number of amides is 1. The van der Waals surface area contributed by atoms with Crippen molar-refractivity contribution in [3.05, 3.63) is 48.1 Å². The molecule has 0 fully saturated rings. The Morgan fingerprint density at radius 2 is 2.06 bits per heavy atom. The summed E-state index contributed by atoms with van der Waals surface area (Å²) in [4.78, 5) is 26.4. The second-order valence-corrected chi connectivity index (χ2v) is 9.48. The Bertz CT molecular complexity index is 1390. The van der Waals surface area contributed by atoms with Crippen molar-refractivity contribution in [3.8, 4) is 0 Å². The number of benzene rings is 1. The van der Waals surface area contributed by atoms with Gasteiger partial charge in [-0.05, 0) is 63.5 Å². The number of ether oxygens (including phenoxy) is 1. The van der Waals surface area contributed by atoms with Crippen LogP contribution in [0, 0.1) is 0 Å². The molecular formula is C25H29N7O2. The van der Waals surface area contributed by atoms with Gasteiger partial charge in [0.15, 0.2) is 0 Å². The van der Waals surface area contributed by atoms with E-state index in [-0.39, 0.29) is 6.09 Å². The third-order valence-electron chi connectivity index (χ3n) is 5.87. The minimum absolute atomic E-state index is 0.280. The number of rotatable bonds is 4. The Kier molecular flexibility index (Phi) is 5.47. The van der Waals surface area contributed by atoms with Gasteiger partial charge in [0.05, 0.1) is 16.6 Å². The molecule has 9 heteroatoms. The van der Waals surface area contributed by atoms with Crippen LogP contribution < -0.4 is 5.32 Å². The number of nitrogens with one attached hydrogen (secondary N) is 3. The number of fused-ring (bicyclic) bond motifs is 2. The highest BCUT2D eigenvalue weighted by molar-refractivity contribution is 5.93. The van der Waals surface area contributed by atoms with Crippen molar-refractivity contribution in [2.75, 3.05) is 18.4 Å². The SMILES string of the molecule is CCc1n[nH]c2ccc(Nc3ncnc4[nH]c(C5=CCN(C(=O)OC(C)(C)C)CC5)cc34)cc12. The van der Waals surface area contributed by atoms with Gasteiger partial charge in [0, 0.05) is 29.9 Å². The zero-order chi connectivity index (χ0) is 23.9. The van der Waals surface area contributed by atoms with Crippen LogP contribution in [0.1, 0.15) is 45.5 Å². The normalized spacial score (nSPS) is 14.5. The van der Waals surface area contributed by atoms with Crippen molar-refractivity contribution in [1.29, 1.82) is 0 Å². The quantitative estimate of drug-likeness (QED) is 0.388. The molecule has 3 N–H and O–H groups in total. The number of H-pyrrole nitrogens is 2. The number of aromatic nitrogens is 5. The van der Waals surface area contributed by atoms with E-state index in [1.165, 1.54) is 0 Å². The lowest BCUT2D eigenvalue weighted by atomic mass is 10.1. The summed E-state index contributed by atoms with van der Waals surface area (Å²) in [7, 11) is 0. The molecule has 1 aliphatic rings. The highest BCUT2D eigenvalue weighted by atomic mass is 16.6. The second kappa shape index (κ2) is 8.48. The molecule has 0 bridgehead atoms. The monoisotopic (exact) mass is 459 g/mol. The van der Waals surface area contributed by atoms with Crippen LogP contribution in [0.15, 0.2) is 36.7 Å². The number of anilines is 2. The Morgan fingerprint density at radius 1 is 1.21 bits per heavy atom. The Labute approximate surface area is 197 Å². The van der Waals surface area contributed by atoms with Crippen molar-refractivity contribution in [2.24, 2.45) is 0 Å². The molecule has 176 valence electrons. The van der Waals surface area contributed by atoms with Crippen LogP contribution in [-0.4, -0.2) is 54.8 Å². The molecule has 0 radical (unpaired) electrons. The maximum absolute atomic E-state index is 12.4. The topological polar surface area (TPSA) is 112 Å². The van der Waals surface area contributed by atoms with Crippen LogP contribution in [0.5, 0.6) is 0 Å². The minimum atomic E-state index is -0.499. The number of hydrogen-bond acceptors (Lipinski definition) is 6. The number of nitrogens with zero attached hydrogens (tertiary/aromatic N) is 4. The standard InChI is InChI=1S/C25H29N7O2/c1-5-19-17-12-16(6-7-20(17)31-30-19)28-22-18-13-21(29-23(18)27-14-26-22)15-8-10-32(11-9-15)24(33)34-25(2,3)4/h6-8,12-14H,5,9-11H2,1-4H3,(H,30,31)(H2,26,27,28,29). The molecule has 34 heavy (non-hydrogen) atoms. The fourth-order valence-corrected chi connectivity index (χ4v) is 4.17. The molecule has 1 amide bonds. The highest BCUT2D eigenvalue weighted by Crippen LogP contribution is 2.30. The zero-order valence-electron chi connectivity index (χ0n) is 19.9. The van der Waals surface area contributed by atoms with E-state index in [1.807, 2.05) is 32.9 Å². The van der Waals surface area contributed by atoms with Gasteiger partial charge in [-0.1, -0.05) is 13.0 Å². The highest BCUT2D eigenvalue weighted by Gasteiger charge is 2.24. The summed E-state index contributed by atoms with van der Waals surface area (Å²) >= 11 is 0. The fraction of sp³-hybridized carbons (Fsp3) is 0.360. The zero-order valence-corrected chi connectivity index (χ0v) is 19.9. The van der Waals surface area contributed by atoms with Gasteiger partial charge >= 0.3 is 6.09 Å². The van der Waals surface area contributed by atoms with Crippen molar-refractivity contribution >= 4 is 45.1 Å². The lowest BCUT2D eigenvalue weighted by molar-refractivity contribution is 0.0270. The fourth-order valence-electron chi connectivity index (χ4n) is 4.17. The molecular weight excluding hydrogens is 430 g/mol. The summed E-state index contributed by atoms with van der Waals surface area (Å²) in [5.74, 6) is 0.736. The molecule has 0 atom stereocenters. The van der Waals surface area contributed by atoms with Gasteiger partial charge in [0.1, 0.15) is 23.4 Å². The van der Waals surface area contributed by atoms with Gasteiger partial charge in [0.25, 0.3) is 0 Å². The van der Waals surface area contributed by atoms with E-state index in [1.54, 1.807) is 11.2 Å². The molecule has 1 aromatic carbocycles. The first kappa shape index (κ1) is 21.9. The van der Waals surface area contributed by atoms with Crippen molar-refractivity contribution in [3.63, 3.8) is 0 Å². The van der Waals surface area contributed by atoms with Gasteiger partial charge in [-0.2, -0.15) is 5.10 Å². The van der Waals surface area contributed by atoms with Gasteiger partial charge in [-0.25, -0.2) is 14.8 Å². The number of aromatic amines is 2. The van der Waals surface area contributed by atoms with E-state index < -0.39 is 5.60 Å². The molecule has 0 saturated heterocycles. The Hall–Kier alpha value is -3.88. The van der Waals surface area contributed by atoms with Gasteiger partial charge in [-0.15, -0.1) is 0 Å². The van der Waals surface area contributed by atoms with E-state index in [9.17, 15) is 4.79 Å². The molecule has 0 spiro atoms. The number of hydrogen-bond donors (Lipinski definition) is 3. The van der Waals surface area contributed by atoms with E-state index in [4.69, 9.17) is 4.74 Å². The lowest BCUT2D eigenvalue weighted by Gasteiger charge is -2.29. The molecule has 9 nitrogen and oxygen atoms in total. The van der Waals surface area contributed by atoms with Gasteiger partial charge < -0.3 is 19.9 Å². The summed E-state index contributed by atoms with van der Waals surface area (Å²) in [5.41, 5.74) is 5.40. The van der Waals surface area contributed by atoms with Crippen LogP contribution in [0.2, 0.25) is 0 Å². The van der Waals surface area contributed by atoms with Crippen LogP contribution in [0.3, 0.4) is 0 Å². The molecule has 5 rings (SSSR count). The smallest absolute Gasteiger partial charge is 0.410 e. The lowest BCUT2D eigenvalue weighted by Crippen LogP contribution is -2.39. The Balaban J connectivity index is 1.38. The summed E-state index contributed by atoms with van der Waals surface area (Å²) in [5, 5.41) is 12.9. The number of aryl methyl sites for hydroxylation is 1. The first-order valence-corrected chi connectivity index (χ1v) is 11.6. The number of carbonyl (C=O) groups is 1. The molecule has 0 unspecified atom stereocenters. The van der Waals surface area contributed by atoms with Crippen LogP contribution in [0.4, 0.5) is 16.3 Å². The van der Waals surface area contributed by atoms with Gasteiger partial charge in [0.2, 0.25) is 0 Å². The third-order valence-corrected chi connectivity index (χ3v) is 5.87. The summed E-state index contributed by atoms with van der Waals surface area (Å²) in [6.45, 7) is 8.85. The van der Waals surface area contributed by atoms with Crippen LogP contribution in [0.25, 0.3) is 27.5 Å². The molecule has 3 aromatic heterocycles. The largest absolute Gasteiger partial charge is 0.444 e. The van der Waals surface area contributed by atoms with Crippen molar-refractivity contribution < 1.29 is 9.53 Å². The average Bonchev–Trinajstić information content (AvgIpc) is 3.42. The predicted molar refractivity (Wildman–Crippen MR) is 133 cm³/mol. The van der Waals surface area contributed by atoms with Crippen LogP contribution >= 0.6 is 0 Å². The predicted octanol–water partition coefficient (Wildman–Crippen LogP) is 5.16. The molecule has 4 heterocycles. The van der Waals surface area contributed by atoms with E-state index in [0.717, 1.165) is 63.2 Å². The van der Waals surface area contributed by atoms with Crippen LogP contribution in [-0.2, 0) is 11.2 Å². The molecule has 0 aliphatic carbocycles. The van der Waals surface area contributed by atoms with Crippen molar-refractivity contribution in [1.82, 2.24) is 30.0 Å². The van der Waals surface area contributed by atoms with E-state index in [0.29, 0.717) is 13.1 Å². The maximum Gasteiger partial charge on any atom is 0.410 e. The first-order chi connectivity index (χ1) is 16.3. The van der Waals surface area contributed by atoms with E-state index >= 15 is 0 Å². The van der Waals surface area contributed by atoms with Crippen molar-refractivity contribution in [2.45, 2.75) is 46.1 Å². The first-order valence-electron chi connectivity index (χ1n) is 11.6. The third kappa shape index (κ3) is 4.33. The average molecular weight is 460 g/mol. The summed E-state index contributed by atoms with van der Waals surface area (Å²) in [6, 6.07) is 8.19. The molecule has 4 aromatic rings. The molecule has 0 saturated carbocycles. The number of carbonyl (C=O) groups excluding carboxylic acids is 1. The Morgan fingerprint density at radius 3 is 2.79 bits per heavy atom.